The van der Waals surface area contributed by atoms with Crippen molar-refractivity contribution in [1.29, 1.82) is 0 Å². The summed E-state index contributed by atoms with van der Waals surface area (Å²) in [5.74, 6) is 0.0642. The minimum absolute atomic E-state index is 0.119. The first-order chi connectivity index (χ1) is 13.1. The molecule has 7 nitrogen and oxygen atoms in total. The molecule has 3 heterocycles. The molecule has 0 spiro atoms. The van der Waals surface area contributed by atoms with E-state index in [4.69, 9.17) is 0 Å². The normalized spacial score (nSPS) is 13.6. The smallest absolute Gasteiger partial charge is 0.261 e. The number of hydrogen-bond donors (Lipinski definition) is 0. The molecule has 1 aliphatic rings. The van der Waals surface area contributed by atoms with Gasteiger partial charge in [-0.05, 0) is 24.6 Å². The van der Waals surface area contributed by atoms with Crippen LogP contribution in [0.25, 0.3) is 16.3 Å². The molecule has 0 aliphatic carbocycles. The molecule has 2 aromatic heterocycles. The number of fused-ring (bicyclic) bond motifs is 2. The van der Waals surface area contributed by atoms with Crippen LogP contribution in [-0.4, -0.2) is 36.5 Å². The van der Waals surface area contributed by atoms with Crippen molar-refractivity contribution in [2.24, 2.45) is 0 Å². The molecule has 0 atom stereocenters. The Kier molecular flexibility index (Phi) is 3.41. The average molecular weight is 375 g/mol. The Morgan fingerprint density at radius 1 is 0.889 bits per heavy atom. The molecular formula is C19H13N5O2S. The van der Waals surface area contributed by atoms with Crippen LogP contribution in [0.5, 0.6) is 0 Å². The van der Waals surface area contributed by atoms with Gasteiger partial charge in [-0.1, -0.05) is 47.7 Å². The van der Waals surface area contributed by atoms with Gasteiger partial charge in [0.05, 0.1) is 17.7 Å². The lowest BCUT2D eigenvalue weighted by Crippen LogP contribution is -2.29. The van der Waals surface area contributed by atoms with Gasteiger partial charge in [0.2, 0.25) is 4.96 Å². The first kappa shape index (κ1) is 15.8. The molecule has 0 N–H and O–H groups in total. The van der Waals surface area contributed by atoms with Crippen LogP contribution in [0.1, 0.15) is 31.3 Å². The molecule has 2 amide bonds. The predicted octanol–water partition coefficient (Wildman–Crippen LogP) is 2.96. The SMILES string of the molecule is Cc1ccccc1-c1nnc2sc(CN3C(=O)c4ccccc4C3=O)nn12. The van der Waals surface area contributed by atoms with E-state index in [9.17, 15) is 9.59 Å². The molecule has 0 bridgehead atoms. The second kappa shape index (κ2) is 5.82. The van der Waals surface area contributed by atoms with Gasteiger partial charge in [-0.2, -0.15) is 9.61 Å². The molecule has 0 radical (unpaired) electrons. The van der Waals surface area contributed by atoms with Crippen LogP contribution >= 0.6 is 11.3 Å². The van der Waals surface area contributed by atoms with E-state index in [1.807, 2.05) is 31.2 Å². The molecule has 27 heavy (non-hydrogen) atoms. The number of aromatic nitrogens is 4. The van der Waals surface area contributed by atoms with Crippen molar-refractivity contribution in [3.05, 3.63) is 70.2 Å². The van der Waals surface area contributed by atoms with E-state index >= 15 is 0 Å². The summed E-state index contributed by atoms with van der Waals surface area (Å²) < 4.78 is 1.67. The van der Waals surface area contributed by atoms with E-state index in [-0.39, 0.29) is 18.4 Å². The van der Waals surface area contributed by atoms with Crippen LogP contribution in [-0.2, 0) is 6.54 Å². The van der Waals surface area contributed by atoms with Gasteiger partial charge in [-0.15, -0.1) is 10.2 Å². The maximum atomic E-state index is 12.5. The Bertz CT molecular complexity index is 1190. The highest BCUT2D eigenvalue weighted by Crippen LogP contribution is 2.27. The summed E-state index contributed by atoms with van der Waals surface area (Å²) >= 11 is 1.32. The minimum atomic E-state index is -0.291. The van der Waals surface area contributed by atoms with E-state index in [1.165, 1.54) is 16.2 Å². The average Bonchev–Trinajstić information content (AvgIpc) is 3.31. The number of nitrogens with zero attached hydrogens (tertiary/aromatic N) is 5. The summed E-state index contributed by atoms with van der Waals surface area (Å²) in [6, 6.07) is 14.7. The molecule has 0 saturated heterocycles. The molecule has 0 fully saturated rings. The third-order valence-electron chi connectivity index (χ3n) is 4.59. The molecule has 4 aromatic rings. The maximum absolute atomic E-state index is 12.5. The molecule has 132 valence electrons. The van der Waals surface area contributed by atoms with E-state index in [1.54, 1.807) is 28.8 Å². The predicted molar refractivity (Wildman–Crippen MR) is 99.5 cm³/mol. The van der Waals surface area contributed by atoms with E-state index in [2.05, 4.69) is 15.3 Å². The number of hydrogen-bond acceptors (Lipinski definition) is 6. The number of carbonyl (C=O) groups excluding carboxylic acids is 2. The maximum Gasteiger partial charge on any atom is 0.261 e. The highest BCUT2D eigenvalue weighted by molar-refractivity contribution is 7.16. The van der Waals surface area contributed by atoms with Crippen molar-refractivity contribution in [3.63, 3.8) is 0 Å². The van der Waals surface area contributed by atoms with Gasteiger partial charge in [0.15, 0.2) is 5.82 Å². The summed E-state index contributed by atoms with van der Waals surface area (Å²) in [6.45, 7) is 2.12. The fourth-order valence-corrected chi connectivity index (χ4v) is 4.05. The van der Waals surface area contributed by atoms with E-state index in [0.717, 1.165) is 11.1 Å². The molecular weight excluding hydrogens is 362 g/mol. The number of carbonyl (C=O) groups is 2. The quantitative estimate of drug-likeness (QED) is 0.514. The molecule has 5 rings (SSSR count). The van der Waals surface area contributed by atoms with E-state index < -0.39 is 0 Å². The van der Waals surface area contributed by atoms with Crippen LogP contribution in [0, 0.1) is 6.92 Å². The number of benzene rings is 2. The van der Waals surface area contributed by atoms with Gasteiger partial charge < -0.3 is 0 Å². The summed E-state index contributed by atoms with van der Waals surface area (Å²) in [4.78, 5) is 26.9. The van der Waals surface area contributed by atoms with Gasteiger partial charge in [-0.3, -0.25) is 14.5 Å². The third-order valence-corrected chi connectivity index (χ3v) is 5.47. The Morgan fingerprint density at radius 2 is 1.52 bits per heavy atom. The van der Waals surface area contributed by atoms with Crippen molar-refractivity contribution in [2.45, 2.75) is 13.5 Å². The molecule has 0 unspecified atom stereocenters. The van der Waals surface area contributed by atoms with Crippen LogP contribution < -0.4 is 0 Å². The largest absolute Gasteiger partial charge is 0.269 e. The van der Waals surface area contributed by atoms with Gasteiger partial charge in [0, 0.05) is 5.56 Å². The summed E-state index contributed by atoms with van der Waals surface area (Å²) in [7, 11) is 0. The lowest BCUT2D eigenvalue weighted by molar-refractivity contribution is 0.0642. The molecule has 2 aromatic carbocycles. The van der Waals surface area contributed by atoms with E-state index in [0.29, 0.717) is 26.9 Å². The van der Waals surface area contributed by atoms with Crippen LogP contribution in [0.2, 0.25) is 0 Å². The molecule has 1 aliphatic heterocycles. The standard InChI is InChI=1S/C19H13N5O2S/c1-11-6-2-3-7-12(11)16-20-21-19-24(16)22-15(27-19)10-23-17(25)13-8-4-5-9-14(13)18(23)26/h2-9H,10H2,1H3. The molecule has 0 saturated carbocycles. The van der Waals surface area contributed by atoms with Crippen molar-refractivity contribution in [3.8, 4) is 11.4 Å². The zero-order chi connectivity index (χ0) is 18.5. The van der Waals surface area contributed by atoms with Crippen LogP contribution in [0.15, 0.2) is 48.5 Å². The first-order valence-electron chi connectivity index (χ1n) is 8.36. The summed E-state index contributed by atoms with van der Waals surface area (Å²) in [5.41, 5.74) is 2.89. The number of imide groups is 1. The van der Waals surface area contributed by atoms with Gasteiger partial charge in [-0.25, -0.2) is 0 Å². The first-order valence-corrected chi connectivity index (χ1v) is 9.17. The van der Waals surface area contributed by atoms with Crippen molar-refractivity contribution >= 4 is 28.1 Å². The second-order valence-electron chi connectivity index (χ2n) is 6.27. The highest BCUT2D eigenvalue weighted by atomic mass is 32.1. The number of aryl methyl sites for hydroxylation is 1. The monoisotopic (exact) mass is 375 g/mol. The van der Waals surface area contributed by atoms with Gasteiger partial charge in [0.25, 0.3) is 11.8 Å². The number of amides is 2. The Morgan fingerprint density at radius 3 is 2.19 bits per heavy atom. The summed E-state index contributed by atoms with van der Waals surface area (Å²) in [6.07, 6.45) is 0. The van der Waals surface area contributed by atoms with Crippen molar-refractivity contribution in [2.75, 3.05) is 0 Å². The van der Waals surface area contributed by atoms with Crippen LogP contribution in [0.3, 0.4) is 0 Å². The topological polar surface area (TPSA) is 80.5 Å². The van der Waals surface area contributed by atoms with Crippen molar-refractivity contribution < 1.29 is 9.59 Å². The Hall–Kier alpha value is -3.39. The highest BCUT2D eigenvalue weighted by Gasteiger charge is 2.35. The number of rotatable bonds is 3. The van der Waals surface area contributed by atoms with Gasteiger partial charge >= 0.3 is 0 Å². The zero-order valence-electron chi connectivity index (χ0n) is 14.3. The minimum Gasteiger partial charge on any atom is -0.269 e. The third kappa shape index (κ3) is 2.37. The Balaban J connectivity index is 1.50. The molecule has 8 heteroatoms. The zero-order valence-corrected chi connectivity index (χ0v) is 15.1. The van der Waals surface area contributed by atoms with Gasteiger partial charge in [0.1, 0.15) is 5.01 Å². The lowest BCUT2D eigenvalue weighted by Gasteiger charge is -2.10. The second-order valence-corrected chi connectivity index (χ2v) is 7.31. The van der Waals surface area contributed by atoms with Crippen LogP contribution in [0.4, 0.5) is 0 Å². The van der Waals surface area contributed by atoms with Crippen molar-refractivity contribution in [1.82, 2.24) is 24.7 Å². The Labute approximate surface area is 157 Å². The lowest BCUT2D eigenvalue weighted by atomic mass is 10.1. The fourth-order valence-electron chi connectivity index (χ4n) is 3.23. The fraction of sp³-hybridized carbons (Fsp3) is 0.105. The summed E-state index contributed by atoms with van der Waals surface area (Å²) in [5, 5.41) is 13.6.